The number of fused-ring (bicyclic) bond motifs is 1. The number of thiophene rings is 1. The maximum atomic E-state index is 13.2. The van der Waals surface area contributed by atoms with Crippen LogP contribution >= 0.6 is 11.3 Å². The SMILES string of the molecule is COC(=O)c1c(NS(=O)(=O)c2ccc(OC)c(N3C(=O)CCC3=O)c2)sc2c1CCCC2. The second-order valence-corrected chi connectivity index (χ2v) is 10.3. The molecular formula is C21H22N2O7S2. The van der Waals surface area contributed by atoms with Gasteiger partial charge in [0.25, 0.3) is 10.0 Å². The smallest absolute Gasteiger partial charge is 0.341 e. The Kier molecular flexibility index (Phi) is 5.95. The molecule has 1 N–H and O–H groups in total. The molecule has 4 rings (SSSR count). The summed E-state index contributed by atoms with van der Waals surface area (Å²) in [4.78, 5) is 38.6. The first-order valence-corrected chi connectivity index (χ1v) is 12.4. The molecule has 2 aliphatic rings. The van der Waals surface area contributed by atoms with E-state index < -0.39 is 27.8 Å². The molecule has 1 aromatic carbocycles. The van der Waals surface area contributed by atoms with Gasteiger partial charge in [-0.15, -0.1) is 11.3 Å². The van der Waals surface area contributed by atoms with Gasteiger partial charge in [0, 0.05) is 17.7 Å². The second-order valence-electron chi connectivity index (χ2n) is 7.47. The number of nitrogens with zero attached hydrogens (tertiary/aromatic N) is 1. The summed E-state index contributed by atoms with van der Waals surface area (Å²) in [5.41, 5.74) is 1.14. The number of sulfonamides is 1. The molecule has 1 fully saturated rings. The van der Waals surface area contributed by atoms with Crippen LogP contribution in [0.3, 0.4) is 0 Å². The van der Waals surface area contributed by atoms with Crippen molar-refractivity contribution in [2.75, 3.05) is 23.8 Å². The zero-order valence-electron chi connectivity index (χ0n) is 17.6. The van der Waals surface area contributed by atoms with E-state index in [9.17, 15) is 22.8 Å². The van der Waals surface area contributed by atoms with Crippen LogP contribution in [0.1, 0.15) is 46.5 Å². The van der Waals surface area contributed by atoms with E-state index in [2.05, 4.69) is 4.72 Å². The molecule has 0 spiro atoms. The molecular weight excluding hydrogens is 456 g/mol. The van der Waals surface area contributed by atoms with Gasteiger partial charge in [-0.3, -0.25) is 14.3 Å². The Morgan fingerprint density at radius 1 is 1.06 bits per heavy atom. The van der Waals surface area contributed by atoms with Crippen molar-refractivity contribution in [3.63, 3.8) is 0 Å². The number of rotatable bonds is 6. The summed E-state index contributed by atoms with van der Waals surface area (Å²) >= 11 is 1.23. The van der Waals surface area contributed by atoms with Gasteiger partial charge in [-0.05, 0) is 49.4 Å². The van der Waals surface area contributed by atoms with Crippen LogP contribution in [0.5, 0.6) is 5.75 Å². The monoisotopic (exact) mass is 478 g/mol. The Labute approximate surface area is 189 Å². The fourth-order valence-electron chi connectivity index (χ4n) is 3.99. The average Bonchev–Trinajstić information content (AvgIpc) is 3.30. The molecule has 2 heterocycles. The van der Waals surface area contributed by atoms with Gasteiger partial charge in [-0.2, -0.15) is 0 Å². The first-order chi connectivity index (χ1) is 15.3. The molecule has 32 heavy (non-hydrogen) atoms. The summed E-state index contributed by atoms with van der Waals surface area (Å²) in [6, 6.07) is 3.94. The number of methoxy groups -OCH3 is 2. The molecule has 0 saturated carbocycles. The predicted octanol–water partition coefficient (Wildman–Crippen LogP) is 2.88. The highest BCUT2D eigenvalue weighted by Gasteiger charge is 2.34. The minimum atomic E-state index is -4.14. The molecule has 1 aliphatic carbocycles. The topological polar surface area (TPSA) is 119 Å². The molecule has 9 nitrogen and oxygen atoms in total. The van der Waals surface area contributed by atoms with Crippen LogP contribution in [-0.4, -0.2) is 40.4 Å². The van der Waals surface area contributed by atoms with Crippen molar-refractivity contribution in [3.8, 4) is 5.75 Å². The lowest BCUT2D eigenvalue weighted by atomic mass is 9.95. The minimum absolute atomic E-state index is 0.0560. The lowest BCUT2D eigenvalue weighted by Crippen LogP contribution is -2.29. The summed E-state index contributed by atoms with van der Waals surface area (Å²) < 4.78 is 39.1. The number of carbonyl (C=O) groups excluding carboxylic acids is 3. The Morgan fingerprint density at radius 2 is 1.75 bits per heavy atom. The van der Waals surface area contributed by atoms with E-state index in [-0.39, 0.29) is 39.7 Å². The number of amides is 2. The van der Waals surface area contributed by atoms with Crippen molar-refractivity contribution in [1.82, 2.24) is 0 Å². The van der Waals surface area contributed by atoms with Gasteiger partial charge in [-0.25, -0.2) is 18.1 Å². The van der Waals surface area contributed by atoms with E-state index in [1.165, 1.54) is 43.8 Å². The van der Waals surface area contributed by atoms with Gasteiger partial charge in [0.2, 0.25) is 11.8 Å². The molecule has 0 unspecified atom stereocenters. The van der Waals surface area contributed by atoms with Gasteiger partial charge in [0.15, 0.2) is 0 Å². The molecule has 0 radical (unpaired) electrons. The third kappa shape index (κ3) is 3.86. The lowest BCUT2D eigenvalue weighted by Gasteiger charge is -2.18. The third-order valence-electron chi connectivity index (χ3n) is 5.54. The van der Waals surface area contributed by atoms with Crippen LogP contribution in [0.2, 0.25) is 0 Å². The molecule has 2 amide bonds. The molecule has 1 aliphatic heterocycles. The number of anilines is 2. The number of hydrogen-bond acceptors (Lipinski definition) is 8. The zero-order chi connectivity index (χ0) is 23.0. The molecule has 2 aromatic rings. The lowest BCUT2D eigenvalue weighted by molar-refractivity contribution is -0.121. The predicted molar refractivity (Wildman–Crippen MR) is 118 cm³/mol. The number of carbonyl (C=O) groups is 3. The quantitative estimate of drug-likeness (QED) is 0.501. The van der Waals surface area contributed by atoms with Crippen molar-refractivity contribution in [2.24, 2.45) is 0 Å². The highest BCUT2D eigenvalue weighted by Crippen LogP contribution is 2.40. The van der Waals surface area contributed by atoms with Crippen LogP contribution in [-0.2, 0) is 37.2 Å². The van der Waals surface area contributed by atoms with Crippen molar-refractivity contribution in [1.29, 1.82) is 0 Å². The summed E-state index contributed by atoms with van der Waals surface area (Å²) in [6.45, 7) is 0. The van der Waals surface area contributed by atoms with Crippen LogP contribution in [0.15, 0.2) is 23.1 Å². The van der Waals surface area contributed by atoms with Crippen molar-refractivity contribution >= 4 is 49.8 Å². The van der Waals surface area contributed by atoms with Crippen molar-refractivity contribution in [2.45, 2.75) is 43.4 Å². The van der Waals surface area contributed by atoms with E-state index in [1.54, 1.807) is 0 Å². The van der Waals surface area contributed by atoms with Gasteiger partial charge in [0.05, 0.1) is 30.4 Å². The minimum Gasteiger partial charge on any atom is -0.495 e. The fraction of sp³-hybridized carbons (Fsp3) is 0.381. The summed E-state index contributed by atoms with van der Waals surface area (Å²) in [5.74, 6) is -1.23. The number of aryl methyl sites for hydroxylation is 1. The first kappa shape index (κ1) is 22.3. The van der Waals surface area contributed by atoms with Crippen molar-refractivity contribution in [3.05, 3.63) is 34.2 Å². The Balaban J connectivity index is 1.75. The van der Waals surface area contributed by atoms with E-state index in [0.717, 1.165) is 34.6 Å². The second kappa shape index (κ2) is 8.55. The number of ether oxygens (including phenoxy) is 2. The number of nitrogens with one attached hydrogen (secondary N) is 1. The highest BCUT2D eigenvalue weighted by atomic mass is 32.2. The normalized spacial score (nSPS) is 16.1. The molecule has 0 atom stereocenters. The Hall–Kier alpha value is -2.92. The summed E-state index contributed by atoms with van der Waals surface area (Å²) in [7, 11) is -1.51. The van der Waals surface area contributed by atoms with Crippen LogP contribution in [0.25, 0.3) is 0 Å². The van der Waals surface area contributed by atoms with E-state index in [0.29, 0.717) is 6.42 Å². The van der Waals surface area contributed by atoms with Crippen LogP contribution in [0.4, 0.5) is 10.7 Å². The Bertz CT molecular complexity index is 1200. The standard InChI is InChI=1S/C21H22N2O7S2/c1-29-15-8-7-12(11-14(15)23-17(24)9-10-18(23)25)32(27,28)22-20-19(21(26)30-2)13-5-3-4-6-16(13)31-20/h7-8,11,22H,3-6,9-10H2,1-2H3. The molecule has 170 valence electrons. The van der Waals surface area contributed by atoms with Gasteiger partial charge in [-0.1, -0.05) is 0 Å². The summed E-state index contributed by atoms with van der Waals surface area (Å²) in [6.07, 6.45) is 3.46. The highest BCUT2D eigenvalue weighted by molar-refractivity contribution is 7.93. The van der Waals surface area contributed by atoms with Crippen LogP contribution < -0.4 is 14.4 Å². The van der Waals surface area contributed by atoms with E-state index >= 15 is 0 Å². The maximum absolute atomic E-state index is 13.2. The zero-order valence-corrected chi connectivity index (χ0v) is 19.2. The first-order valence-electron chi connectivity index (χ1n) is 10.1. The molecule has 0 bridgehead atoms. The molecule has 11 heteroatoms. The largest absolute Gasteiger partial charge is 0.495 e. The van der Waals surface area contributed by atoms with Gasteiger partial charge in [0.1, 0.15) is 10.8 Å². The number of esters is 1. The summed E-state index contributed by atoms with van der Waals surface area (Å²) in [5, 5.41) is 0.203. The number of benzene rings is 1. The average molecular weight is 479 g/mol. The fourth-order valence-corrected chi connectivity index (χ4v) is 6.60. The third-order valence-corrected chi connectivity index (χ3v) is 8.22. The maximum Gasteiger partial charge on any atom is 0.341 e. The van der Waals surface area contributed by atoms with Gasteiger partial charge < -0.3 is 9.47 Å². The molecule has 1 saturated heterocycles. The Morgan fingerprint density at radius 3 is 2.41 bits per heavy atom. The van der Waals surface area contributed by atoms with E-state index in [4.69, 9.17) is 9.47 Å². The number of hydrogen-bond donors (Lipinski definition) is 1. The van der Waals surface area contributed by atoms with Gasteiger partial charge >= 0.3 is 5.97 Å². The van der Waals surface area contributed by atoms with Crippen LogP contribution in [0, 0.1) is 0 Å². The molecule has 1 aromatic heterocycles. The number of imide groups is 1. The van der Waals surface area contributed by atoms with E-state index in [1.807, 2.05) is 0 Å². The van der Waals surface area contributed by atoms with Crippen molar-refractivity contribution < 1.29 is 32.3 Å².